The SMILES string of the molecule is CC(C)C[C@H](C(=O)OCC(=O)Nc1cc(C(F)(F)F)ccc1Cl)N1C(=O)[C@H]2C3c4ccccc4C(c4ccccc43)[C@@H]2C1=O. The molecule has 0 radical (unpaired) electrons. The van der Waals surface area contributed by atoms with E-state index in [0.717, 1.165) is 39.3 Å². The highest BCUT2D eigenvalue weighted by Gasteiger charge is 2.63. The Morgan fingerprint density at radius 3 is 1.84 bits per heavy atom. The van der Waals surface area contributed by atoms with Crippen molar-refractivity contribution < 1.29 is 37.1 Å². The van der Waals surface area contributed by atoms with Crippen LogP contribution in [-0.4, -0.2) is 41.2 Å². The Balaban J connectivity index is 1.24. The van der Waals surface area contributed by atoms with Crippen molar-refractivity contribution in [3.8, 4) is 0 Å². The first-order valence-corrected chi connectivity index (χ1v) is 14.6. The number of hydrogen-bond acceptors (Lipinski definition) is 5. The highest BCUT2D eigenvalue weighted by Crippen LogP contribution is 2.61. The third kappa shape index (κ3) is 4.95. The number of imide groups is 1. The summed E-state index contributed by atoms with van der Waals surface area (Å²) in [6.07, 6.45) is -4.55. The second kappa shape index (κ2) is 11.1. The molecule has 3 aliphatic carbocycles. The van der Waals surface area contributed by atoms with Crippen LogP contribution in [0.25, 0.3) is 0 Å². The summed E-state index contributed by atoms with van der Waals surface area (Å²) in [4.78, 5) is 55.3. The standard InChI is InChI=1S/C33H28ClF3N2O5/c1-16(2)13-24(32(43)44-15-25(40)38-23-14-17(33(35,36)37)11-12-22(23)34)39-30(41)28-26-18-7-3-4-8-19(18)27(29(28)31(39)42)21-10-6-5-9-20(21)26/h3-12,14,16,24,26-29H,13,15H2,1-2H3,(H,38,40)/t24-,26?,27?,28+,29+/m1/s1. The fraction of sp³-hybridized carbons (Fsp3) is 0.333. The molecule has 3 aromatic rings. The zero-order valence-corrected chi connectivity index (χ0v) is 24.5. The molecular weight excluding hydrogens is 597 g/mol. The minimum Gasteiger partial charge on any atom is -0.454 e. The molecule has 1 fully saturated rings. The maximum Gasteiger partial charge on any atom is 0.416 e. The number of ether oxygens (including phenoxy) is 1. The molecule has 0 spiro atoms. The maximum atomic E-state index is 14.1. The molecule has 1 N–H and O–H groups in total. The predicted molar refractivity (Wildman–Crippen MR) is 155 cm³/mol. The molecule has 3 amide bonds. The van der Waals surface area contributed by atoms with Gasteiger partial charge in [-0.25, -0.2) is 4.79 Å². The van der Waals surface area contributed by atoms with Crippen LogP contribution >= 0.6 is 11.6 Å². The molecular formula is C33H28ClF3N2O5. The van der Waals surface area contributed by atoms with E-state index in [-0.39, 0.29) is 34.9 Å². The summed E-state index contributed by atoms with van der Waals surface area (Å²) in [5, 5.41) is 2.09. The first-order valence-electron chi connectivity index (χ1n) is 14.3. The number of nitrogens with one attached hydrogen (secondary N) is 1. The lowest BCUT2D eigenvalue weighted by molar-refractivity contribution is -0.160. The summed E-state index contributed by atoms with van der Waals surface area (Å²) in [6, 6.07) is 16.7. The topological polar surface area (TPSA) is 92.8 Å². The molecule has 1 saturated heterocycles. The molecule has 2 bridgehead atoms. The van der Waals surface area contributed by atoms with Gasteiger partial charge in [-0.1, -0.05) is 74.0 Å². The minimum atomic E-state index is -4.66. The molecule has 44 heavy (non-hydrogen) atoms. The van der Waals surface area contributed by atoms with Crippen molar-refractivity contribution in [2.24, 2.45) is 17.8 Å². The first kappa shape index (κ1) is 29.9. The Kier molecular flexibility index (Phi) is 7.52. The quantitative estimate of drug-likeness (QED) is 0.252. The third-order valence-electron chi connectivity index (χ3n) is 8.67. The van der Waals surface area contributed by atoms with Crippen LogP contribution in [0.5, 0.6) is 0 Å². The predicted octanol–water partition coefficient (Wildman–Crippen LogP) is 6.15. The molecule has 0 aromatic heterocycles. The van der Waals surface area contributed by atoms with E-state index in [4.69, 9.17) is 16.3 Å². The first-order chi connectivity index (χ1) is 20.9. The highest BCUT2D eigenvalue weighted by molar-refractivity contribution is 6.33. The van der Waals surface area contributed by atoms with Gasteiger partial charge in [-0.05, 0) is 52.8 Å². The Bertz CT molecular complexity index is 1570. The summed E-state index contributed by atoms with van der Waals surface area (Å²) in [6.45, 7) is 2.80. The van der Waals surface area contributed by atoms with Gasteiger partial charge in [0.25, 0.3) is 5.91 Å². The number of anilines is 1. The van der Waals surface area contributed by atoms with Crippen LogP contribution in [0.2, 0.25) is 5.02 Å². The molecule has 3 atom stereocenters. The van der Waals surface area contributed by atoms with E-state index in [0.29, 0.717) is 6.07 Å². The van der Waals surface area contributed by atoms with Crippen LogP contribution in [-0.2, 0) is 30.1 Å². The van der Waals surface area contributed by atoms with E-state index < -0.39 is 59.9 Å². The van der Waals surface area contributed by atoms with E-state index in [9.17, 15) is 32.3 Å². The molecule has 1 heterocycles. The van der Waals surface area contributed by atoms with Crippen LogP contribution in [0.15, 0.2) is 66.7 Å². The van der Waals surface area contributed by atoms with Crippen molar-refractivity contribution in [3.63, 3.8) is 0 Å². The van der Waals surface area contributed by atoms with Gasteiger partial charge in [0.05, 0.1) is 28.1 Å². The van der Waals surface area contributed by atoms with Crippen LogP contribution in [0, 0.1) is 17.8 Å². The average molecular weight is 625 g/mol. The Hall–Kier alpha value is -4.18. The number of likely N-dealkylation sites (tertiary alicyclic amines) is 1. The van der Waals surface area contributed by atoms with Crippen molar-refractivity contribution in [1.82, 2.24) is 4.90 Å². The molecule has 7 nitrogen and oxygen atoms in total. The summed E-state index contributed by atoms with van der Waals surface area (Å²) in [5.74, 6) is -5.00. The normalized spacial score (nSPS) is 22.4. The number of carbonyl (C=O) groups is 4. The number of esters is 1. The lowest BCUT2D eigenvalue weighted by Gasteiger charge is -2.45. The minimum absolute atomic E-state index is 0.103. The van der Waals surface area contributed by atoms with Crippen molar-refractivity contribution in [1.29, 1.82) is 0 Å². The van der Waals surface area contributed by atoms with Crippen LogP contribution in [0.3, 0.4) is 0 Å². The molecule has 0 unspecified atom stereocenters. The molecule has 0 saturated carbocycles. The monoisotopic (exact) mass is 624 g/mol. The van der Waals surface area contributed by atoms with Crippen molar-refractivity contribution in [2.45, 2.75) is 44.3 Å². The van der Waals surface area contributed by atoms with Gasteiger partial charge in [0, 0.05) is 11.8 Å². The summed E-state index contributed by atoms with van der Waals surface area (Å²) >= 11 is 5.96. The number of rotatable bonds is 7. The lowest BCUT2D eigenvalue weighted by atomic mass is 9.55. The number of benzene rings is 3. The number of amides is 3. The molecule has 7 rings (SSSR count). The van der Waals surface area contributed by atoms with Gasteiger partial charge >= 0.3 is 12.1 Å². The number of nitrogens with zero attached hydrogens (tertiary/aromatic N) is 1. The Morgan fingerprint density at radius 2 is 1.39 bits per heavy atom. The molecule has 1 aliphatic heterocycles. The molecule has 3 aromatic carbocycles. The van der Waals surface area contributed by atoms with Crippen molar-refractivity contribution >= 4 is 41.0 Å². The fourth-order valence-electron chi connectivity index (χ4n) is 6.98. The number of carbonyl (C=O) groups excluding carboxylic acids is 4. The molecule has 228 valence electrons. The Labute approximate surface area is 256 Å². The van der Waals surface area contributed by atoms with Gasteiger partial charge in [0.15, 0.2) is 6.61 Å². The van der Waals surface area contributed by atoms with E-state index in [1.807, 2.05) is 62.4 Å². The summed E-state index contributed by atoms with van der Waals surface area (Å²) in [7, 11) is 0. The maximum absolute atomic E-state index is 14.1. The largest absolute Gasteiger partial charge is 0.454 e. The smallest absolute Gasteiger partial charge is 0.416 e. The molecule has 11 heteroatoms. The number of halogens is 4. The number of alkyl halides is 3. The van der Waals surface area contributed by atoms with Gasteiger partial charge in [-0.2, -0.15) is 13.2 Å². The van der Waals surface area contributed by atoms with E-state index in [1.54, 1.807) is 0 Å². The third-order valence-corrected chi connectivity index (χ3v) is 9.00. The van der Waals surface area contributed by atoms with Gasteiger partial charge in [0.2, 0.25) is 11.8 Å². The van der Waals surface area contributed by atoms with Crippen LogP contribution in [0.1, 0.15) is 59.9 Å². The van der Waals surface area contributed by atoms with Gasteiger partial charge in [0.1, 0.15) is 6.04 Å². The van der Waals surface area contributed by atoms with Crippen molar-refractivity contribution in [2.75, 3.05) is 11.9 Å². The Morgan fingerprint density at radius 1 is 0.886 bits per heavy atom. The zero-order chi connectivity index (χ0) is 31.5. The second-order valence-corrected chi connectivity index (χ2v) is 12.2. The van der Waals surface area contributed by atoms with Gasteiger partial charge in [-0.15, -0.1) is 0 Å². The van der Waals surface area contributed by atoms with Crippen LogP contribution in [0.4, 0.5) is 18.9 Å². The summed E-state index contributed by atoms with van der Waals surface area (Å²) < 4.78 is 44.7. The van der Waals surface area contributed by atoms with E-state index in [2.05, 4.69) is 5.32 Å². The van der Waals surface area contributed by atoms with Crippen LogP contribution < -0.4 is 5.32 Å². The van der Waals surface area contributed by atoms with Gasteiger partial charge < -0.3 is 10.1 Å². The highest BCUT2D eigenvalue weighted by atomic mass is 35.5. The van der Waals surface area contributed by atoms with Crippen molar-refractivity contribution in [3.05, 3.63) is 99.6 Å². The fourth-order valence-corrected chi connectivity index (χ4v) is 7.14. The van der Waals surface area contributed by atoms with E-state index >= 15 is 0 Å². The molecule has 4 aliphatic rings. The average Bonchev–Trinajstić information content (AvgIpc) is 3.25. The number of hydrogen-bond donors (Lipinski definition) is 1. The second-order valence-electron chi connectivity index (χ2n) is 11.8. The lowest BCUT2D eigenvalue weighted by Crippen LogP contribution is -2.47. The summed E-state index contributed by atoms with van der Waals surface area (Å²) in [5.41, 5.74) is 2.66. The van der Waals surface area contributed by atoms with Gasteiger partial charge in [-0.3, -0.25) is 19.3 Å². The zero-order valence-electron chi connectivity index (χ0n) is 23.7. The van der Waals surface area contributed by atoms with E-state index in [1.165, 1.54) is 0 Å².